The number of hydrogen-bond donors (Lipinski definition) is 1. The Bertz CT molecular complexity index is 576. The molecule has 2 rings (SSSR count). The zero-order chi connectivity index (χ0) is 13.8. The molecule has 0 saturated carbocycles. The maximum atomic E-state index is 11.5. The van der Waals surface area contributed by atoms with Gasteiger partial charge < -0.3 is 10.1 Å². The van der Waals surface area contributed by atoms with Gasteiger partial charge in [0.25, 0.3) is 0 Å². The number of carbonyl (C=O) groups excluding carboxylic acids is 1. The smallest absolute Gasteiger partial charge is 0.357 e. The minimum atomic E-state index is -0.385. The third-order valence-corrected chi connectivity index (χ3v) is 3.56. The van der Waals surface area contributed by atoms with Crippen LogP contribution in [0.15, 0.2) is 11.6 Å². The van der Waals surface area contributed by atoms with E-state index in [4.69, 9.17) is 4.74 Å². The standard InChI is InChI=1S/C12H16N4O2S/c1-4-18-11(17)10-7-19-12(15-10)13-5-9-6-14-16(3)8(9)2/h6-7H,4-5H2,1-3H3,(H,13,15). The number of aryl methyl sites for hydroxylation is 1. The maximum absolute atomic E-state index is 11.5. The van der Waals surface area contributed by atoms with Gasteiger partial charge in [-0.1, -0.05) is 0 Å². The van der Waals surface area contributed by atoms with Gasteiger partial charge in [-0.05, 0) is 13.8 Å². The van der Waals surface area contributed by atoms with Gasteiger partial charge in [0.05, 0.1) is 12.8 Å². The van der Waals surface area contributed by atoms with Crippen LogP contribution < -0.4 is 5.32 Å². The molecular weight excluding hydrogens is 264 g/mol. The van der Waals surface area contributed by atoms with Gasteiger partial charge in [-0.2, -0.15) is 5.10 Å². The second-order valence-electron chi connectivity index (χ2n) is 3.99. The summed E-state index contributed by atoms with van der Waals surface area (Å²) in [6.45, 7) is 4.77. The summed E-state index contributed by atoms with van der Waals surface area (Å²) < 4.78 is 6.71. The molecule has 0 spiro atoms. The molecule has 2 aromatic rings. The van der Waals surface area contributed by atoms with Crippen LogP contribution in [0.5, 0.6) is 0 Å². The monoisotopic (exact) mass is 280 g/mol. The lowest BCUT2D eigenvalue weighted by molar-refractivity contribution is 0.0520. The highest BCUT2D eigenvalue weighted by molar-refractivity contribution is 7.13. The van der Waals surface area contributed by atoms with E-state index in [-0.39, 0.29) is 5.97 Å². The van der Waals surface area contributed by atoms with Crippen LogP contribution in [0.25, 0.3) is 0 Å². The molecule has 0 unspecified atom stereocenters. The van der Waals surface area contributed by atoms with Crippen molar-refractivity contribution in [1.29, 1.82) is 0 Å². The Kier molecular flexibility index (Phi) is 4.16. The molecule has 0 saturated heterocycles. The number of nitrogens with zero attached hydrogens (tertiary/aromatic N) is 3. The summed E-state index contributed by atoms with van der Waals surface area (Å²) in [5, 5.41) is 9.74. The van der Waals surface area contributed by atoms with Crippen molar-refractivity contribution in [1.82, 2.24) is 14.8 Å². The van der Waals surface area contributed by atoms with Crippen molar-refractivity contribution in [2.24, 2.45) is 7.05 Å². The molecule has 0 atom stereocenters. The maximum Gasteiger partial charge on any atom is 0.357 e. The number of anilines is 1. The first-order valence-corrected chi connectivity index (χ1v) is 6.83. The predicted molar refractivity (Wildman–Crippen MR) is 73.3 cm³/mol. The average Bonchev–Trinajstić information content (AvgIpc) is 2.97. The van der Waals surface area contributed by atoms with E-state index in [1.54, 1.807) is 12.3 Å². The number of carbonyl (C=O) groups is 1. The Morgan fingerprint density at radius 2 is 2.37 bits per heavy atom. The van der Waals surface area contributed by atoms with Crippen molar-refractivity contribution in [2.45, 2.75) is 20.4 Å². The van der Waals surface area contributed by atoms with Gasteiger partial charge in [-0.3, -0.25) is 4.68 Å². The fourth-order valence-corrected chi connectivity index (χ4v) is 2.22. The lowest BCUT2D eigenvalue weighted by atomic mass is 10.2. The molecule has 102 valence electrons. The second kappa shape index (κ2) is 5.83. The summed E-state index contributed by atoms with van der Waals surface area (Å²) in [4.78, 5) is 15.7. The van der Waals surface area contributed by atoms with Gasteiger partial charge in [-0.25, -0.2) is 9.78 Å². The number of aromatic nitrogens is 3. The molecule has 0 aliphatic heterocycles. The highest BCUT2D eigenvalue weighted by Gasteiger charge is 2.11. The number of rotatable bonds is 5. The zero-order valence-electron chi connectivity index (χ0n) is 11.1. The van der Waals surface area contributed by atoms with Gasteiger partial charge in [-0.15, -0.1) is 11.3 Å². The van der Waals surface area contributed by atoms with Crippen LogP contribution >= 0.6 is 11.3 Å². The largest absolute Gasteiger partial charge is 0.461 e. The van der Waals surface area contributed by atoms with Crippen molar-refractivity contribution in [2.75, 3.05) is 11.9 Å². The lowest BCUT2D eigenvalue weighted by Gasteiger charge is -2.02. The second-order valence-corrected chi connectivity index (χ2v) is 4.85. The van der Waals surface area contributed by atoms with Crippen LogP contribution in [0, 0.1) is 6.92 Å². The first-order chi connectivity index (χ1) is 9.11. The fraction of sp³-hybridized carbons (Fsp3) is 0.417. The first kappa shape index (κ1) is 13.5. The Morgan fingerprint density at radius 3 is 3.00 bits per heavy atom. The Morgan fingerprint density at radius 1 is 1.58 bits per heavy atom. The molecule has 0 radical (unpaired) electrons. The van der Waals surface area contributed by atoms with Crippen molar-refractivity contribution < 1.29 is 9.53 Å². The van der Waals surface area contributed by atoms with Crippen LogP contribution in [0.3, 0.4) is 0 Å². The molecule has 19 heavy (non-hydrogen) atoms. The Hall–Kier alpha value is -1.89. The van der Waals surface area contributed by atoms with E-state index in [0.29, 0.717) is 24.0 Å². The van der Waals surface area contributed by atoms with E-state index in [1.165, 1.54) is 11.3 Å². The quantitative estimate of drug-likeness (QED) is 0.848. The van der Waals surface area contributed by atoms with E-state index < -0.39 is 0 Å². The van der Waals surface area contributed by atoms with E-state index >= 15 is 0 Å². The summed E-state index contributed by atoms with van der Waals surface area (Å²) in [7, 11) is 1.90. The minimum absolute atomic E-state index is 0.345. The zero-order valence-corrected chi connectivity index (χ0v) is 12.0. The van der Waals surface area contributed by atoms with Crippen LogP contribution in [-0.2, 0) is 18.3 Å². The average molecular weight is 280 g/mol. The number of thiazole rings is 1. The van der Waals surface area contributed by atoms with Crippen LogP contribution in [-0.4, -0.2) is 27.3 Å². The number of nitrogens with one attached hydrogen (secondary N) is 1. The van der Waals surface area contributed by atoms with Crippen LogP contribution in [0.4, 0.5) is 5.13 Å². The number of hydrogen-bond acceptors (Lipinski definition) is 6. The third kappa shape index (κ3) is 3.11. The Balaban J connectivity index is 1.97. The van der Waals surface area contributed by atoms with Gasteiger partial charge in [0, 0.05) is 30.2 Å². The SMILES string of the molecule is CCOC(=O)c1csc(NCc2cnn(C)c2C)n1. The molecular formula is C12H16N4O2S. The highest BCUT2D eigenvalue weighted by Crippen LogP contribution is 2.17. The summed E-state index contributed by atoms with van der Waals surface area (Å²) in [5.74, 6) is -0.385. The Labute approximate surface area is 115 Å². The predicted octanol–water partition coefficient (Wildman–Crippen LogP) is 1.97. The van der Waals surface area contributed by atoms with Crippen LogP contribution in [0.1, 0.15) is 28.7 Å². The summed E-state index contributed by atoms with van der Waals surface area (Å²) >= 11 is 1.39. The molecule has 0 fully saturated rings. The molecule has 7 heteroatoms. The number of ether oxygens (including phenoxy) is 1. The molecule has 0 bridgehead atoms. The van der Waals surface area contributed by atoms with E-state index in [1.807, 2.05) is 24.9 Å². The van der Waals surface area contributed by atoms with Crippen molar-refractivity contribution in [3.8, 4) is 0 Å². The van der Waals surface area contributed by atoms with Crippen molar-refractivity contribution in [3.63, 3.8) is 0 Å². The first-order valence-electron chi connectivity index (χ1n) is 5.95. The molecule has 0 aliphatic rings. The fourth-order valence-electron chi connectivity index (χ4n) is 1.54. The topological polar surface area (TPSA) is 69.0 Å². The summed E-state index contributed by atoms with van der Waals surface area (Å²) in [6, 6.07) is 0. The summed E-state index contributed by atoms with van der Waals surface area (Å²) in [6.07, 6.45) is 1.82. The molecule has 0 amide bonds. The van der Waals surface area contributed by atoms with Crippen molar-refractivity contribution in [3.05, 3.63) is 28.5 Å². The van der Waals surface area contributed by atoms with Crippen LogP contribution in [0.2, 0.25) is 0 Å². The van der Waals surface area contributed by atoms with Gasteiger partial charge in [0.15, 0.2) is 10.8 Å². The van der Waals surface area contributed by atoms with E-state index in [9.17, 15) is 4.79 Å². The number of esters is 1. The minimum Gasteiger partial charge on any atom is -0.461 e. The van der Waals surface area contributed by atoms with Gasteiger partial charge >= 0.3 is 5.97 Å². The van der Waals surface area contributed by atoms with Crippen molar-refractivity contribution >= 4 is 22.4 Å². The van der Waals surface area contributed by atoms with E-state index in [2.05, 4.69) is 15.4 Å². The molecule has 0 aliphatic carbocycles. The molecule has 1 N–H and O–H groups in total. The van der Waals surface area contributed by atoms with E-state index in [0.717, 1.165) is 11.3 Å². The molecule has 6 nitrogen and oxygen atoms in total. The molecule has 2 heterocycles. The summed E-state index contributed by atoms with van der Waals surface area (Å²) in [5.41, 5.74) is 2.56. The van der Waals surface area contributed by atoms with Gasteiger partial charge in [0.2, 0.25) is 0 Å². The lowest BCUT2D eigenvalue weighted by Crippen LogP contribution is -2.06. The molecule has 2 aromatic heterocycles. The highest BCUT2D eigenvalue weighted by atomic mass is 32.1. The van der Waals surface area contributed by atoms with Gasteiger partial charge in [0.1, 0.15) is 0 Å². The normalized spacial score (nSPS) is 10.5. The third-order valence-electron chi connectivity index (χ3n) is 2.76. The molecule has 0 aromatic carbocycles.